The normalized spacial score (nSPS) is 15.5. The Kier molecular flexibility index (Phi) is 5.10. The van der Waals surface area contributed by atoms with Crippen LogP contribution in [0.4, 0.5) is 10.5 Å². The van der Waals surface area contributed by atoms with E-state index in [1.165, 1.54) is 10.9 Å². The first-order valence-electron chi connectivity index (χ1n) is 10.9. The summed E-state index contributed by atoms with van der Waals surface area (Å²) in [6.45, 7) is 4.69. The molecule has 0 spiro atoms. The number of anilines is 1. The van der Waals surface area contributed by atoms with Crippen LogP contribution in [0.2, 0.25) is 0 Å². The molecular formula is C27H27N3O2. The fraction of sp³-hybridized carbons (Fsp3) is 0.222. The van der Waals surface area contributed by atoms with Gasteiger partial charge in [-0.25, -0.2) is 4.79 Å². The Bertz CT molecular complexity index is 1290. The van der Waals surface area contributed by atoms with Crippen LogP contribution in [-0.4, -0.2) is 29.6 Å². The number of hydrogen-bond donors (Lipinski definition) is 2. The van der Waals surface area contributed by atoms with Crippen molar-refractivity contribution >= 4 is 22.6 Å². The van der Waals surface area contributed by atoms with Gasteiger partial charge in [0.15, 0.2) is 0 Å². The molecule has 2 amide bonds. The molecule has 0 fully saturated rings. The smallest absolute Gasteiger partial charge is 0.322 e. The van der Waals surface area contributed by atoms with E-state index in [1.807, 2.05) is 61.2 Å². The second-order valence-electron chi connectivity index (χ2n) is 8.43. The quantitative estimate of drug-likeness (QED) is 0.425. The summed E-state index contributed by atoms with van der Waals surface area (Å²) in [5, 5.41) is 4.39. The number of aromatic amines is 1. The van der Waals surface area contributed by atoms with Gasteiger partial charge in [-0.05, 0) is 66.8 Å². The zero-order valence-electron chi connectivity index (χ0n) is 18.6. The van der Waals surface area contributed by atoms with Crippen molar-refractivity contribution < 1.29 is 9.53 Å². The average Bonchev–Trinajstić information content (AvgIpc) is 3.19. The van der Waals surface area contributed by atoms with Crippen molar-refractivity contribution in [3.63, 3.8) is 0 Å². The Hall–Kier alpha value is -3.73. The Balaban J connectivity index is 1.57. The van der Waals surface area contributed by atoms with E-state index in [9.17, 15) is 4.79 Å². The number of amides is 2. The van der Waals surface area contributed by atoms with E-state index in [1.54, 1.807) is 7.11 Å². The topological polar surface area (TPSA) is 57.4 Å². The molecular weight excluding hydrogens is 398 g/mol. The highest BCUT2D eigenvalue weighted by molar-refractivity contribution is 5.92. The minimum atomic E-state index is -0.206. The fourth-order valence-electron chi connectivity index (χ4n) is 4.65. The van der Waals surface area contributed by atoms with Gasteiger partial charge in [0, 0.05) is 28.8 Å². The van der Waals surface area contributed by atoms with Crippen LogP contribution in [-0.2, 0) is 6.42 Å². The summed E-state index contributed by atoms with van der Waals surface area (Å²) in [6.07, 6.45) is 0.812. The molecule has 162 valence electrons. The molecule has 1 aliphatic rings. The summed E-state index contributed by atoms with van der Waals surface area (Å²) in [4.78, 5) is 19.1. The maximum Gasteiger partial charge on any atom is 0.322 e. The lowest BCUT2D eigenvalue weighted by molar-refractivity contribution is 0.193. The van der Waals surface area contributed by atoms with Gasteiger partial charge < -0.3 is 19.9 Å². The van der Waals surface area contributed by atoms with Gasteiger partial charge in [-0.2, -0.15) is 0 Å². The van der Waals surface area contributed by atoms with E-state index in [0.717, 1.165) is 45.8 Å². The third kappa shape index (κ3) is 3.50. The molecule has 5 rings (SSSR count). The minimum absolute atomic E-state index is 0.0937. The first-order chi connectivity index (χ1) is 15.5. The predicted molar refractivity (Wildman–Crippen MR) is 128 cm³/mol. The van der Waals surface area contributed by atoms with Gasteiger partial charge in [0.25, 0.3) is 0 Å². The molecule has 1 aromatic heterocycles. The second kappa shape index (κ2) is 8.08. The summed E-state index contributed by atoms with van der Waals surface area (Å²) in [5.41, 5.74) is 7.55. The number of urea groups is 1. The van der Waals surface area contributed by atoms with Crippen molar-refractivity contribution in [1.29, 1.82) is 0 Å². The Morgan fingerprint density at radius 1 is 1.06 bits per heavy atom. The molecule has 0 unspecified atom stereocenters. The van der Waals surface area contributed by atoms with E-state index in [-0.39, 0.29) is 12.1 Å². The number of rotatable bonds is 3. The van der Waals surface area contributed by atoms with Gasteiger partial charge in [0.1, 0.15) is 5.75 Å². The van der Waals surface area contributed by atoms with Crippen molar-refractivity contribution in [2.75, 3.05) is 19.0 Å². The number of aryl methyl sites for hydroxylation is 2. The van der Waals surface area contributed by atoms with Crippen LogP contribution in [0, 0.1) is 13.8 Å². The van der Waals surface area contributed by atoms with Crippen molar-refractivity contribution in [3.05, 3.63) is 94.7 Å². The monoisotopic (exact) mass is 425 g/mol. The number of fused-ring (bicyclic) bond motifs is 3. The standard InChI is InChI=1S/C27H27N3O2/c1-17-8-9-18(2)24(16-17)29-27(31)30-15-14-22-21-6-4-5-7-23(21)28-25(22)26(30)19-10-12-20(32-3)13-11-19/h4-13,16,26,28H,14-15H2,1-3H3,(H,29,31)/t26-/m1/s1. The molecule has 2 heterocycles. The van der Waals surface area contributed by atoms with Crippen LogP contribution in [0.1, 0.15) is 34.0 Å². The summed E-state index contributed by atoms with van der Waals surface area (Å²) >= 11 is 0. The van der Waals surface area contributed by atoms with Crippen LogP contribution in [0.25, 0.3) is 10.9 Å². The van der Waals surface area contributed by atoms with Crippen molar-refractivity contribution in [3.8, 4) is 5.75 Å². The first kappa shape index (κ1) is 20.2. The van der Waals surface area contributed by atoms with E-state index >= 15 is 0 Å². The number of methoxy groups -OCH3 is 1. The van der Waals surface area contributed by atoms with Gasteiger partial charge in [0.05, 0.1) is 13.2 Å². The van der Waals surface area contributed by atoms with Crippen LogP contribution in [0.15, 0.2) is 66.7 Å². The Morgan fingerprint density at radius 3 is 2.62 bits per heavy atom. The minimum Gasteiger partial charge on any atom is -0.497 e. The van der Waals surface area contributed by atoms with Crippen LogP contribution < -0.4 is 10.1 Å². The number of aromatic nitrogens is 1. The van der Waals surface area contributed by atoms with Gasteiger partial charge in [0.2, 0.25) is 0 Å². The highest BCUT2D eigenvalue weighted by atomic mass is 16.5. The Labute approximate surface area is 188 Å². The van der Waals surface area contributed by atoms with Crippen LogP contribution in [0.5, 0.6) is 5.75 Å². The van der Waals surface area contributed by atoms with E-state index < -0.39 is 0 Å². The number of carbonyl (C=O) groups excluding carboxylic acids is 1. The summed E-state index contributed by atoms with van der Waals surface area (Å²) < 4.78 is 5.35. The molecule has 5 nitrogen and oxygen atoms in total. The van der Waals surface area contributed by atoms with Crippen molar-refractivity contribution in [1.82, 2.24) is 9.88 Å². The molecule has 3 aromatic carbocycles. The van der Waals surface area contributed by atoms with Gasteiger partial charge in [-0.3, -0.25) is 0 Å². The molecule has 0 bridgehead atoms. The maximum atomic E-state index is 13.5. The van der Waals surface area contributed by atoms with Crippen LogP contribution in [0.3, 0.4) is 0 Å². The predicted octanol–water partition coefficient (Wildman–Crippen LogP) is 5.97. The SMILES string of the molecule is COc1ccc([C@@H]2c3[nH]c4ccccc4c3CCN2C(=O)Nc2cc(C)ccc2C)cc1. The van der Waals surface area contributed by atoms with Gasteiger partial charge in [-0.1, -0.05) is 42.5 Å². The number of nitrogens with one attached hydrogen (secondary N) is 2. The summed E-state index contributed by atoms with van der Waals surface area (Å²) in [7, 11) is 1.66. The summed E-state index contributed by atoms with van der Waals surface area (Å²) in [5.74, 6) is 0.799. The zero-order chi connectivity index (χ0) is 22.2. The zero-order valence-corrected chi connectivity index (χ0v) is 18.6. The molecule has 0 radical (unpaired) electrons. The third-order valence-corrected chi connectivity index (χ3v) is 6.36. The lowest BCUT2D eigenvalue weighted by atomic mass is 9.92. The molecule has 4 aromatic rings. The van der Waals surface area contributed by atoms with Crippen molar-refractivity contribution in [2.45, 2.75) is 26.3 Å². The van der Waals surface area contributed by atoms with E-state index in [2.05, 4.69) is 34.6 Å². The van der Waals surface area contributed by atoms with E-state index in [4.69, 9.17) is 4.74 Å². The molecule has 0 saturated carbocycles. The number of carbonyl (C=O) groups is 1. The highest BCUT2D eigenvalue weighted by Gasteiger charge is 2.34. The van der Waals surface area contributed by atoms with Crippen molar-refractivity contribution in [2.24, 2.45) is 0 Å². The van der Waals surface area contributed by atoms with E-state index in [0.29, 0.717) is 6.54 Å². The number of H-pyrrole nitrogens is 1. The largest absolute Gasteiger partial charge is 0.497 e. The number of hydrogen-bond acceptors (Lipinski definition) is 2. The molecule has 5 heteroatoms. The number of para-hydroxylation sites is 1. The fourth-order valence-corrected chi connectivity index (χ4v) is 4.65. The van der Waals surface area contributed by atoms with Gasteiger partial charge in [-0.15, -0.1) is 0 Å². The molecule has 1 atom stereocenters. The number of nitrogens with zero attached hydrogens (tertiary/aromatic N) is 1. The highest BCUT2D eigenvalue weighted by Crippen LogP contribution is 2.39. The van der Waals surface area contributed by atoms with Gasteiger partial charge >= 0.3 is 6.03 Å². The number of benzene rings is 3. The molecule has 0 aliphatic carbocycles. The maximum absolute atomic E-state index is 13.5. The average molecular weight is 426 g/mol. The Morgan fingerprint density at radius 2 is 1.84 bits per heavy atom. The first-order valence-corrected chi connectivity index (χ1v) is 10.9. The lowest BCUT2D eigenvalue weighted by Crippen LogP contribution is -2.43. The number of ether oxygens (including phenoxy) is 1. The lowest BCUT2D eigenvalue weighted by Gasteiger charge is -2.36. The van der Waals surface area contributed by atoms with Crippen LogP contribution >= 0.6 is 0 Å². The second-order valence-corrected chi connectivity index (χ2v) is 8.43. The molecule has 0 saturated heterocycles. The summed E-state index contributed by atoms with van der Waals surface area (Å²) in [6, 6.07) is 22.2. The third-order valence-electron chi connectivity index (χ3n) is 6.36. The molecule has 1 aliphatic heterocycles. The molecule has 2 N–H and O–H groups in total. The molecule has 32 heavy (non-hydrogen) atoms.